The molecule has 2 aromatic rings. The molecule has 2 rings (SSSR count). The lowest BCUT2D eigenvalue weighted by atomic mass is 10.2. The molecule has 0 aliphatic heterocycles. The van der Waals surface area contributed by atoms with Crippen LogP contribution in [-0.2, 0) is 0 Å². The molecule has 0 saturated heterocycles. The van der Waals surface area contributed by atoms with Gasteiger partial charge in [-0.3, -0.25) is 10.1 Å². The van der Waals surface area contributed by atoms with Crippen molar-refractivity contribution in [2.75, 3.05) is 5.43 Å². The van der Waals surface area contributed by atoms with E-state index in [1.807, 2.05) is 29.2 Å². The van der Waals surface area contributed by atoms with Crippen LogP contribution in [0.5, 0.6) is 0 Å². The van der Waals surface area contributed by atoms with E-state index >= 15 is 0 Å². The Balaban J connectivity index is 2.11. The van der Waals surface area contributed by atoms with Crippen molar-refractivity contribution in [3.63, 3.8) is 0 Å². The molecule has 2 aromatic heterocycles. The summed E-state index contributed by atoms with van der Waals surface area (Å²) in [5.41, 5.74) is 3.12. The molecule has 0 spiro atoms. The Hall–Kier alpha value is -1.36. The SMILES string of the molecule is CC(C)c1nsc(Nn2cccc2)n1. The van der Waals surface area contributed by atoms with Crippen LogP contribution in [0, 0.1) is 0 Å². The highest BCUT2D eigenvalue weighted by Crippen LogP contribution is 2.17. The molecule has 1 N–H and O–H groups in total. The monoisotopic (exact) mass is 208 g/mol. The third-order valence-electron chi connectivity index (χ3n) is 1.79. The number of nitrogens with one attached hydrogen (secondary N) is 1. The highest BCUT2D eigenvalue weighted by atomic mass is 32.1. The first-order valence-corrected chi connectivity index (χ1v) is 5.26. The van der Waals surface area contributed by atoms with Gasteiger partial charge in [0, 0.05) is 29.8 Å². The maximum absolute atomic E-state index is 4.36. The molecule has 0 radical (unpaired) electrons. The normalized spacial score (nSPS) is 10.8. The minimum atomic E-state index is 0.381. The summed E-state index contributed by atoms with van der Waals surface area (Å²) in [6, 6.07) is 3.91. The maximum Gasteiger partial charge on any atom is 0.221 e. The highest BCUT2D eigenvalue weighted by molar-refractivity contribution is 7.09. The Kier molecular flexibility index (Phi) is 2.49. The molecule has 0 unspecified atom stereocenters. The summed E-state index contributed by atoms with van der Waals surface area (Å²) in [6.45, 7) is 4.17. The molecular formula is C9H12N4S. The summed E-state index contributed by atoms with van der Waals surface area (Å²) in [4.78, 5) is 4.36. The van der Waals surface area contributed by atoms with Crippen molar-refractivity contribution in [1.29, 1.82) is 0 Å². The third kappa shape index (κ3) is 1.93. The fraction of sp³-hybridized carbons (Fsp3) is 0.333. The molecule has 2 heterocycles. The topological polar surface area (TPSA) is 42.7 Å². The van der Waals surface area contributed by atoms with E-state index in [1.165, 1.54) is 11.5 Å². The van der Waals surface area contributed by atoms with E-state index in [2.05, 4.69) is 28.6 Å². The number of hydrogen-bond donors (Lipinski definition) is 1. The first-order chi connectivity index (χ1) is 6.75. The van der Waals surface area contributed by atoms with E-state index in [0.29, 0.717) is 5.92 Å². The minimum absolute atomic E-state index is 0.381. The molecule has 0 aliphatic carbocycles. The molecule has 0 aromatic carbocycles. The molecule has 0 bridgehead atoms. The Labute approximate surface area is 86.7 Å². The van der Waals surface area contributed by atoms with Gasteiger partial charge in [-0.05, 0) is 12.1 Å². The summed E-state index contributed by atoms with van der Waals surface area (Å²) in [6.07, 6.45) is 3.85. The summed E-state index contributed by atoms with van der Waals surface area (Å²) in [5, 5.41) is 0.824. The van der Waals surface area contributed by atoms with E-state index in [1.54, 1.807) is 0 Å². The largest absolute Gasteiger partial charge is 0.269 e. The summed E-state index contributed by atoms with van der Waals surface area (Å²) in [5.74, 6) is 1.27. The Morgan fingerprint density at radius 3 is 2.64 bits per heavy atom. The van der Waals surface area contributed by atoms with Crippen molar-refractivity contribution in [1.82, 2.24) is 14.0 Å². The zero-order valence-electron chi connectivity index (χ0n) is 8.14. The lowest BCUT2D eigenvalue weighted by Crippen LogP contribution is -2.05. The second-order valence-corrected chi connectivity index (χ2v) is 4.07. The fourth-order valence-corrected chi connectivity index (χ4v) is 1.75. The van der Waals surface area contributed by atoms with Gasteiger partial charge in [0.1, 0.15) is 5.82 Å². The van der Waals surface area contributed by atoms with E-state index in [9.17, 15) is 0 Å². The molecule has 0 fully saturated rings. The number of aromatic nitrogens is 3. The number of nitrogens with zero attached hydrogens (tertiary/aromatic N) is 3. The lowest BCUT2D eigenvalue weighted by molar-refractivity contribution is 0.797. The zero-order valence-corrected chi connectivity index (χ0v) is 8.95. The van der Waals surface area contributed by atoms with Crippen molar-refractivity contribution < 1.29 is 0 Å². The van der Waals surface area contributed by atoms with Crippen molar-refractivity contribution in [2.24, 2.45) is 0 Å². The van der Waals surface area contributed by atoms with E-state index < -0.39 is 0 Å². The van der Waals surface area contributed by atoms with Gasteiger partial charge in [-0.2, -0.15) is 4.37 Å². The van der Waals surface area contributed by atoms with Crippen molar-refractivity contribution in [3.8, 4) is 0 Å². The Morgan fingerprint density at radius 2 is 2.07 bits per heavy atom. The first kappa shape index (κ1) is 9.21. The fourth-order valence-electron chi connectivity index (χ4n) is 1.03. The van der Waals surface area contributed by atoms with Crippen LogP contribution in [0.15, 0.2) is 24.5 Å². The second-order valence-electron chi connectivity index (χ2n) is 3.31. The van der Waals surface area contributed by atoms with Gasteiger partial charge in [0.05, 0.1) is 0 Å². The molecule has 0 atom stereocenters. The number of rotatable bonds is 3. The van der Waals surface area contributed by atoms with Gasteiger partial charge in [-0.15, -0.1) is 0 Å². The van der Waals surface area contributed by atoms with Crippen molar-refractivity contribution in [2.45, 2.75) is 19.8 Å². The predicted octanol–water partition coefficient (Wildman–Crippen LogP) is 2.34. The van der Waals surface area contributed by atoms with Crippen molar-refractivity contribution in [3.05, 3.63) is 30.4 Å². The van der Waals surface area contributed by atoms with Gasteiger partial charge < -0.3 is 0 Å². The van der Waals surface area contributed by atoms with Gasteiger partial charge in [-0.25, -0.2) is 4.98 Å². The molecule has 0 aliphatic rings. The summed E-state index contributed by atoms with van der Waals surface area (Å²) >= 11 is 1.38. The van der Waals surface area contributed by atoms with Crippen LogP contribution in [0.1, 0.15) is 25.6 Å². The van der Waals surface area contributed by atoms with Crippen LogP contribution in [0.25, 0.3) is 0 Å². The van der Waals surface area contributed by atoms with Crippen LogP contribution < -0.4 is 5.43 Å². The Morgan fingerprint density at radius 1 is 1.36 bits per heavy atom. The summed E-state index contributed by atoms with van der Waals surface area (Å²) < 4.78 is 6.10. The van der Waals surface area contributed by atoms with Crippen LogP contribution in [0.3, 0.4) is 0 Å². The standard InChI is InChI=1S/C9H12N4S/c1-7(2)8-10-9(14-12-8)11-13-5-3-4-6-13/h3-7H,1-2H3,(H,10,11,12). The van der Waals surface area contributed by atoms with Gasteiger partial charge >= 0.3 is 0 Å². The summed E-state index contributed by atoms with van der Waals surface area (Å²) in [7, 11) is 0. The van der Waals surface area contributed by atoms with Crippen LogP contribution in [0.4, 0.5) is 5.13 Å². The van der Waals surface area contributed by atoms with Crippen LogP contribution >= 0.6 is 11.5 Å². The zero-order chi connectivity index (χ0) is 9.97. The molecule has 74 valence electrons. The van der Waals surface area contributed by atoms with Gasteiger partial charge in [0.2, 0.25) is 5.13 Å². The quantitative estimate of drug-likeness (QED) is 0.841. The third-order valence-corrected chi connectivity index (χ3v) is 2.42. The average Bonchev–Trinajstić information content (AvgIpc) is 2.75. The highest BCUT2D eigenvalue weighted by Gasteiger charge is 2.06. The first-order valence-electron chi connectivity index (χ1n) is 4.49. The van der Waals surface area contributed by atoms with E-state index in [-0.39, 0.29) is 0 Å². The van der Waals surface area contributed by atoms with Crippen LogP contribution in [0.2, 0.25) is 0 Å². The van der Waals surface area contributed by atoms with Crippen LogP contribution in [-0.4, -0.2) is 14.0 Å². The lowest BCUT2D eigenvalue weighted by Gasteiger charge is -2.01. The number of hydrogen-bond acceptors (Lipinski definition) is 4. The van der Waals surface area contributed by atoms with E-state index in [4.69, 9.17) is 0 Å². The molecule has 4 nitrogen and oxygen atoms in total. The predicted molar refractivity (Wildman–Crippen MR) is 57.5 cm³/mol. The van der Waals surface area contributed by atoms with E-state index in [0.717, 1.165) is 11.0 Å². The molecule has 14 heavy (non-hydrogen) atoms. The second kappa shape index (κ2) is 3.79. The molecule has 5 heteroatoms. The van der Waals surface area contributed by atoms with Crippen molar-refractivity contribution >= 4 is 16.7 Å². The van der Waals surface area contributed by atoms with Gasteiger partial charge in [0.15, 0.2) is 0 Å². The minimum Gasteiger partial charge on any atom is -0.269 e. The van der Waals surface area contributed by atoms with Gasteiger partial charge in [-0.1, -0.05) is 13.8 Å². The maximum atomic E-state index is 4.36. The smallest absolute Gasteiger partial charge is 0.221 e. The van der Waals surface area contributed by atoms with Gasteiger partial charge in [0.25, 0.3) is 0 Å². The molecular weight excluding hydrogens is 196 g/mol. The molecule has 0 amide bonds. The number of anilines is 1. The molecule has 0 saturated carbocycles. The average molecular weight is 208 g/mol. The Bertz CT molecular complexity index is 391.